The van der Waals surface area contributed by atoms with Crippen LogP contribution in [0.25, 0.3) is 0 Å². The first kappa shape index (κ1) is 11.1. The van der Waals surface area contributed by atoms with E-state index >= 15 is 0 Å². The van der Waals surface area contributed by atoms with Gasteiger partial charge in [0.2, 0.25) is 0 Å². The number of rotatable bonds is 4. The summed E-state index contributed by atoms with van der Waals surface area (Å²) in [4.78, 5) is 1.04. The minimum atomic E-state index is -3.25. The van der Waals surface area contributed by atoms with E-state index in [2.05, 4.69) is 4.72 Å². The van der Waals surface area contributed by atoms with Gasteiger partial charge in [-0.05, 0) is 24.3 Å². The Morgan fingerprint density at radius 2 is 2.13 bits per heavy atom. The zero-order valence-corrected chi connectivity index (χ0v) is 9.98. The van der Waals surface area contributed by atoms with Crippen molar-refractivity contribution in [3.05, 3.63) is 22.4 Å². The predicted octanol–water partition coefficient (Wildman–Crippen LogP) is 1.18. The second-order valence-corrected chi connectivity index (χ2v) is 6.30. The SMILES string of the molecule is O=S(=O)(NCc1cccs1)N1CCCC1. The van der Waals surface area contributed by atoms with Crippen molar-refractivity contribution in [1.82, 2.24) is 9.03 Å². The predicted molar refractivity (Wildman–Crippen MR) is 60.9 cm³/mol. The molecule has 4 nitrogen and oxygen atoms in total. The van der Waals surface area contributed by atoms with E-state index in [0.29, 0.717) is 19.6 Å². The highest BCUT2D eigenvalue weighted by atomic mass is 32.2. The van der Waals surface area contributed by atoms with Gasteiger partial charge in [0.15, 0.2) is 0 Å². The van der Waals surface area contributed by atoms with Gasteiger partial charge in [-0.25, -0.2) is 0 Å². The van der Waals surface area contributed by atoms with Crippen LogP contribution in [0.5, 0.6) is 0 Å². The van der Waals surface area contributed by atoms with E-state index in [1.54, 1.807) is 11.3 Å². The summed E-state index contributed by atoms with van der Waals surface area (Å²) in [7, 11) is -3.25. The Labute approximate surface area is 94.1 Å². The van der Waals surface area contributed by atoms with Crippen LogP contribution >= 0.6 is 11.3 Å². The molecule has 0 aromatic carbocycles. The molecule has 1 aliphatic heterocycles. The molecule has 6 heteroatoms. The molecule has 0 saturated carbocycles. The van der Waals surface area contributed by atoms with Crippen LogP contribution in [0.4, 0.5) is 0 Å². The monoisotopic (exact) mass is 246 g/mol. The summed E-state index contributed by atoms with van der Waals surface area (Å²) in [6.45, 7) is 1.70. The van der Waals surface area contributed by atoms with E-state index in [1.807, 2.05) is 17.5 Å². The molecule has 0 amide bonds. The molecule has 1 aromatic heterocycles. The summed E-state index contributed by atoms with van der Waals surface area (Å²) in [5, 5.41) is 1.94. The van der Waals surface area contributed by atoms with E-state index in [9.17, 15) is 8.42 Å². The van der Waals surface area contributed by atoms with Gasteiger partial charge in [0, 0.05) is 24.5 Å². The minimum Gasteiger partial charge on any atom is -0.197 e. The van der Waals surface area contributed by atoms with E-state index in [1.165, 1.54) is 4.31 Å². The normalized spacial score (nSPS) is 18.4. The molecule has 1 aromatic rings. The van der Waals surface area contributed by atoms with Crippen molar-refractivity contribution < 1.29 is 8.42 Å². The van der Waals surface area contributed by atoms with Gasteiger partial charge in [0.25, 0.3) is 10.2 Å². The highest BCUT2D eigenvalue weighted by molar-refractivity contribution is 7.87. The van der Waals surface area contributed by atoms with Crippen LogP contribution in [0.3, 0.4) is 0 Å². The highest BCUT2D eigenvalue weighted by Crippen LogP contribution is 2.13. The van der Waals surface area contributed by atoms with Crippen LogP contribution in [0.1, 0.15) is 17.7 Å². The van der Waals surface area contributed by atoms with Gasteiger partial charge < -0.3 is 0 Å². The fraction of sp³-hybridized carbons (Fsp3) is 0.556. The molecule has 15 heavy (non-hydrogen) atoms. The van der Waals surface area contributed by atoms with Gasteiger partial charge in [-0.15, -0.1) is 11.3 Å². The van der Waals surface area contributed by atoms with E-state index in [4.69, 9.17) is 0 Å². The first-order chi connectivity index (χ1) is 7.18. The average molecular weight is 246 g/mol. The molecule has 0 atom stereocenters. The molecule has 1 saturated heterocycles. The number of nitrogens with one attached hydrogen (secondary N) is 1. The van der Waals surface area contributed by atoms with Crippen molar-refractivity contribution >= 4 is 21.5 Å². The minimum absolute atomic E-state index is 0.399. The Balaban J connectivity index is 1.93. The molecule has 0 unspecified atom stereocenters. The average Bonchev–Trinajstić information content (AvgIpc) is 2.88. The van der Waals surface area contributed by atoms with Crippen LogP contribution in [-0.2, 0) is 16.8 Å². The Hall–Kier alpha value is -0.430. The zero-order valence-electron chi connectivity index (χ0n) is 8.35. The van der Waals surface area contributed by atoms with Crippen LogP contribution in [0, 0.1) is 0 Å². The van der Waals surface area contributed by atoms with Crippen LogP contribution in [-0.4, -0.2) is 25.8 Å². The van der Waals surface area contributed by atoms with Crippen molar-refractivity contribution in [2.75, 3.05) is 13.1 Å². The van der Waals surface area contributed by atoms with Gasteiger partial charge >= 0.3 is 0 Å². The summed E-state index contributed by atoms with van der Waals surface area (Å²) in [6, 6.07) is 3.85. The maximum Gasteiger partial charge on any atom is 0.279 e. The molecular formula is C9H14N2O2S2. The Morgan fingerprint density at radius 1 is 1.40 bits per heavy atom. The van der Waals surface area contributed by atoms with Gasteiger partial charge in [-0.2, -0.15) is 17.4 Å². The molecular weight excluding hydrogens is 232 g/mol. The Kier molecular flexibility index (Phi) is 3.40. The first-order valence-corrected chi connectivity index (χ1v) is 7.27. The third-order valence-corrected chi connectivity index (χ3v) is 4.84. The maximum atomic E-state index is 11.7. The summed E-state index contributed by atoms with van der Waals surface area (Å²) in [5.74, 6) is 0. The lowest BCUT2D eigenvalue weighted by atomic mass is 10.4. The summed E-state index contributed by atoms with van der Waals surface area (Å²) >= 11 is 1.56. The zero-order chi connectivity index (χ0) is 10.7. The standard InChI is InChI=1S/C9H14N2O2S2/c12-15(13,11-5-1-2-6-11)10-8-9-4-3-7-14-9/h3-4,7,10H,1-2,5-6,8H2. The Bertz CT molecular complexity index is 394. The lowest BCUT2D eigenvalue weighted by molar-refractivity contribution is 0.465. The van der Waals surface area contributed by atoms with Gasteiger partial charge in [0.05, 0.1) is 0 Å². The number of hydrogen-bond donors (Lipinski definition) is 1. The summed E-state index contributed by atoms with van der Waals surface area (Å²) in [5.41, 5.74) is 0. The number of thiophene rings is 1. The van der Waals surface area contributed by atoms with Crippen LogP contribution < -0.4 is 4.72 Å². The Morgan fingerprint density at radius 3 is 2.73 bits per heavy atom. The van der Waals surface area contributed by atoms with Gasteiger partial charge in [-0.1, -0.05) is 6.07 Å². The number of hydrogen-bond acceptors (Lipinski definition) is 3. The third-order valence-electron chi connectivity index (χ3n) is 2.41. The van der Waals surface area contributed by atoms with Crippen LogP contribution in [0.2, 0.25) is 0 Å². The first-order valence-electron chi connectivity index (χ1n) is 4.95. The van der Waals surface area contributed by atoms with E-state index < -0.39 is 10.2 Å². The van der Waals surface area contributed by atoms with E-state index in [-0.39, 0.29) is 0 Å². The molecule has 84 valence electrons. The van der Waals surface area contributed by atoms with Crippen molar-refractivity contribution in [3.63, 3.8) is 0 Å². The lowest BCUT2D eigenvalue weighted by Gasteiger charge is -2.15. The maximum absolute atomic E-state index is 11.7. The molecule has 0 spiro atoms. The second-order valence-electron chi connectivity index (χ2n) is 3.51. The fourth-order valence-electron chi connectivity index (χ4n) is 1.60. The topological polar surface area (TPSA) is 49.4 Å². The molecule has 0 radical (unpaired) electrons. The number of nitrogens with zero attached hydrogens (tertiary/aromatic N) is 1. The van der Waals surface area contributed by atoms with Crippen molar-refractivity contribution in [2.45, 2.75) is 19.4 Å². The molecule has 0 bridgehead atoms. The molecule has 0 aliphatic carbocycles. The smallest absolute Gasteiger partial charge is 0.197 e. The van der Waals surface area contributed by atoms with Gasteiger partial charge in [-0.3, -0.25) is 0 Å². The van der Waals surface area contributed by atoms with Crippen molar-refractivity contribution in [1.29, 1.82) is 0 Å². The molecule has 1 N–H and O–H groups in total. The molecule has 2 heterocycles. The summed E-state index contributed by atoms with van der Waals surface area (Å²) < 4.78 is 27.6. The fourth-order valence-corrected chi connectivity index (χ4v) is 3.59. The van der Waals surface area contributed by atoms with E-state index in [0.717, 1.165) is 17.7 Å². The largest absolute Gasteiger partial charge is 0.279 e. The third kappa shape index (κ3) is 2.78. The lowest BCUT2D eigenvalue weighted by Crippen LogP contribution is -2.38. The molecule has 1 aliphatic rings. The second kappa shape index (κ2) is 4.61. The quantitative estimate of drug-likeness (QED) is 0.867. The molecule has 1 fully saturated rings. The van der Waals surface area contributed by atoms with Crippen molar-refractivity contribution in [3.8, 4) is 0 Å². The van der Waals surface area contributed by atoms with Gasteiger partial charge in [0.1, 0.15) is 0 Å². The highest BCUT2D eigenvalue weighted by Gasteiger charge is 2.24. The molecule has 2 rings (SSSR count). The van der Waals surface area contributed by atoms with Crippen LogP contribution in [0.15, 0.2) is 17.5 Å². The van der Waals surface area contributed by atoms with Crippen molar-refractivity contribution in [2.24, 2.45) is 0 Å². The summed E-state index contributed by atoms with van der Waals surface area (Å²) in [6.07, 6.45) is 1.94.